The topological polar surface area (TPSA) is 101 Å². The van der Waals surface area contributed by atoms with Crippen molar-refractivity contribution in [2.24, 2.45) is 0 Å². The molecule has 0 aliphatic carbocycles. The Morgan fingerprint density at radius 1 is 0.545 bits per heavy atom. The average Bonchev–Trinajstić information content (AvgIpc) is 2.83. The van der Waals surface area contributed by atoms with Gasteiger partial charge in [0.25, 0.3) is 0 Å². The van der Waals surface area contributed by atoms with Gasteiger partial charge in [-0.15, -0.1) is 5.46 Å². The molecule has 0 atom stereocenters. The van der Waals surface area contributed by atoms with Gasteiger partial charge in [-0.25, -0.2) is 0 Å². The second kappa shape index (κ2) is 29.2. The molecule has 0 saturated carbocycles. The number of quaternary nitrogens is 2. The minimum atomic E-state index is -1.85. The Labute approximate surface area is 207 Å². The van der Waals surface area contributed by atoms with Crippen molar-refractivity contribution in [2.75, 3.05) is 13.1 Å². The number of rotatable bonds is 18. The van der Waals surface area contributed by atoms with E-state index in [1.54, 1.807) is 12.1 Å². The fourth-order valence-electron chi connectivity index (χ4n) is 3.51. The molecule has 0 bridgehead atoms. The lowest BCUT2D eigenvalue weighted by molar-refractivity contribution is -0.368. The summed E-state index contributed by atoms with van der Waals surface area (Å²) in [5, 5.41) is 21.5. The van der Waals surface area contributed by atoms with Crippen LogP contribution in [-0.2, 0) is 6.42 Å². The molecule has 0 heterocycles. The highest BCUT2D eigenvalue weighted by molar-refractivity contribution is 6.55. The smallest absolute Gasteiger partial charge is 0.0739 e. The van der Waals surface area contributed by atoms with Crippen LogP contribution in [-0.4, -0.2) is 20.2 Å². The number of hydrogen-bond donors (Lipinski definition) is 2. The Morgan fingerprint density at radius 3 is 1.24 bits per heavy atom. The van der Waals surface area contributed by atoms with Gasteiger partial charge in [0.2, 0.25) is 0 Å². The standard InChI is InChI=1S/C18H29BO2.2C5H13N/c1-2-3-4-5-6-7-8-9-10-11-12-17-13-15-18(16-14-17)19(20)21;2*1-2-3-4-5-6/h13-16H,2-12H2,1H3;2*2-6H2,1H3/q-2;;/p+2. The number of benzene rings is 1. The Hall–Kier alpha value is -0.875. The summed E-state index contributed by atoms with van der Waals surface area (Å²) in [6, 6.07) is 7.20. The lowest BCUT2D eigenvalue weighted by Crippen LogP contribution is -2.55. The Morgan fingerprint density at radius 2 is 0.909 bits per heavy atom. The van der Waals surface area contributed by atoms with Crippen molar-refractivity contribution in [3.05, 3.63) is 29.8 Å². The molecule has 0 saturated heterocycles. The average molecular weight is 465 g/mol. The van der Waals surface area contributed by atoms with E-state index in [2.05, 4.69) is 32.2 Å². The molecule has 6 N–H and O–H groups in total. The van der Waals surface area contributed by atoms with E-state index in [1.807, 2.05) is 12.1 Å². The maximum atomic E-state index is 10.7. The molecule has 1 aromatic rings. The van der Waals surface area contributed by atoms with E-state index in [-0.39, 0.29) is 0 Å². The molecule has 1 rings (SSSR count). The van der Waals surface area contributed by atoms with Crippen LogP contribution in [0.2, 0.25) is 0 Å². The maximum Gasteiger partial charge on any atom is 0.0739 e. The van der Waals surface area contributed by atoms with E-state index in [9.17, 15) is 10.0 Å². The van der Waals surface area contributed by atoms with Crippen LogP contribution in [0.15, 0.2) is 24.3 Å². The molecule has 4 nitrogen and oxygen atoms in total. The van der Waals surface area contributed by atoms with Crippen LogP contribution >= 0.6 is 0 Å². The third-order valence-corrected chi connectivity index (χ3v) is 5.78. The summed E-state index contributed by atoms with van der Waals surface area (Å²) < 4.78 is 0. The molecule has 33 heavy (non-hydrogen) atoms. The van der Waals surface area contributed by atoms with Crippen molar-refractivity contribution in [1.82, 2.24) is 0 Å². The molecule has 1 aromatic carbocycles. The van der Waals surface area contributed by atoms with Gasteiger partial charge in [0, 0.05) is 0 Å². The molecular formula is C28H57BN2O2. The summed E-state index contributed by atoms with van der Waals surface area (Å²) in [5.41, 5.74) is 9.03. The first-order valence-corrected chi connectivity index (χ1v) is 14.1. The lowest BCUT2D eigenvalue weighted by Gasteiger charge is -2.26. The predicted molar refractivity (Wildman–Crippen MR) is 142 cm³/mol. The minimum absolute atomic E-state index is 0.349. The predicted octanol–water partition coefficient (Wildman–Crippen LogP) is 3.40. The molecule has 0 aromatic heterocycles. The van der Waals surface area contributed by atoms with Crippen LogP contribution in [0.4, 0.5) is 0 Å². The summed E-state index contributed by atoms with van der Waals surface area (Å²) in [6.07, 6.45) is 22.5. The second-order valence-electron chi connectivity index (χ2n) is 9.13. The largest absolute Gasteiger partial charge is 0.889 e. The van der Waals surface area contributed by atoms with Crippen LogP contribution in [0.25, 0.3) is 0 Å². The molecule has 0 spiro atoms. The quantitative estimate of drug-likeness (QED) is 0.257. The van der Waals surface area contributed by atoms with E-state index >= 15 is 0 Å². The van der Waals surface area contributed by atoms with E-state index in [4.69, 9.17) is 0 Å². The molecule has 5 heteroatoms. The van der Waals surface area contributed by atoms with Crippen molar-refractivity contribution in [3.63, 3.8) is 0 Å². The molecule has 0 amide bonds. The molecule has 0 aliphatic rings. The third-order valence-electron chi connectivity index (χ3n) is 5.78. The van der Waals surface area contributed by atoms with Gasteiger partial charge in [-0.1, -0.05) is 123 Å². The molecule has 0 aliphatic heterocycles. The number of unbranched alkanes of at least 4 members (excludes halogenated alkanes) is 13. The zero-order valence-corrected chi connectivity index (χ0v) is 22.6. The molecule has 0 fully saturated rings. The fraction of sp³-hybridized carbons (Fsp3) is 0.786. The van der Waals surface area contributed by atoms with Crippen molar-refractivity contribution in [2.45, 2.75) is 130 Å². The third kappa shape index (κ3) is 27.3. The number of hydrogen-bond acceptors (Lipinski definition) is 2. The number of aryl methyl sites for hydroxylation is 1. The maximum absolute atomic E-state index is 10.7. The van der Waals surface area contributed by atoms with Gasteiger partial charge in [0.1, 0.15) is 0 Å². The molecule has 194 valence electrons. The summed E-state index contributed by atoms with van der Waals surface area (Å²) >= 11 is 0. The lowest BCUT2D eigenvalue weighted by atomic mass is 9.80. The van der Waals surface area contributed by atoms with Gasteiger partial charge in [-0.3, -0.25) is 0 Å². The first-order valence-electron chi connectivity index (χ1n) is 14.1. The van der Waals surface area contributed by atoms with Gasteiger partial charge >= 0.3 is 0 Å². The van der Waals surface area contributed by atoms with Gasteiger partial charge < -0.3 is 21.5 Å². The monoisotopic (exact) mass is 464 g/mol. The first kappa shape index (κ1) is 34.3. The van der Waals surface area contributed by atoms with Gasteiger partial charge in [0.15, 0.2) is 0 Å². The van der Waals surface area contributed by atoms with Crippen molar-refractivity contribution in [3.8, 4) is 0 Å². The van der Waals surface area contributed by atoms with Crippen LogP contribution in [0.1, 0.15) is 129 Å². The van der Waals surface area contributed by atoms with Crippen molar-refractivity contribution < 1.29 is 21.5 Å². The second-order valence-corrected chi connectivity index (χ2v) is 9.13. The van der Waals surface area contributed by atoms with E-state index < -0.39 is 7.12 Å². The Bertz CT molecular complexity index is 453. The molecular weight excluding hydrogens is 407 g/mol. The van der Waals surface area contributed by atoms with Crippen LogP contribution in [0, 0.1) is 0 Å². The minimum Gasteiger partial charge on any atom is -0.889 e. The summed E-state index contributed by atoms with van der Waals surface area (Å²) in [6.45, 7) is 8.88. The fourth-order valence-corrected chi connectivity index (χ4v) is 3.51. The zero-order valence-electron chi connectivity index (χ0n) is 22.6. The Balaban J connectivity index is 0. The SMILES string of the molecule is CCCCCCCCCCCCc1ccc(B([O-])[O-])cc1.CCCCC[NH3+].CCCCC[NH3+]. The van der Waals surface area contributed by atoms with Gasteiger partial charge in [-0.05, 0) is 44.1 Å². The molecule has 0 unspecified atom stereocenters. The van der Waals surface area contributed by atoms with E-state index in [0.29, 0.717) is 5.46 Å². The van der Waals surface area contributed by atoms with Gasteiger partial charge in [0.05, 0.1) is 13.1 Å². The first-order chi connectivity index (χ1) is 16.1. The highest BCUT2D eigenvalue weighted by Gasteiger charge is 1.96. The van der Waals surface area contributed by atoms with Crippen molar-refractivity contribution in [1.29, 1.82) is 0 Å². The summed E-state index contributed by atoms with van der Waals surface area (Å²) in [5.74, 6) is 0. The Kier molecular flexibility index (Phi) is 30.3. The zero-order chi connectivity index (χ0) is 25.0. The highest BCUT2D eigenvalue weighted by Crippen LogP contribution is 2.12. The van der Waals surface area contributed by atoms with E-state index in [1.165, 1.54) is 108 Å². The summed E-state index contributed by atoms with van der Waals surface area (Å²) in [4.78, 5) is 0. The van der Waals surface area contributed by atoms with Crippen molar-refractivity contribution >= 4 is 12.6 Å². The van der Waals surface area contributed by atoms with Crippen LogP contribution in [0.5, 0.6) is 0 Å². The van der Waals surface area contributed by atoms with Gasteiger partial charge in [-0.2, -0.15) is 0 Å². The summed E-state index contributed by atoms with van der Waals surface area (Å²) in [7, 11) is -1.85. The normalized spacial score (nSPS) is 10.2. The molecule has 0 radical (unpaired) electrons. The van der Waals surface area contributed by atoms with E-state index in [0.717, 1.165) is 19.5 Å². The van der Waals surface area contributed by atoms with Crippen LogP contribution in [0.3, 0.4) is 0 Å². The van der Waals surface area contributed by atoms with Crippen LogP contribution < -0.4 is 27.0 Å². The highest BCUT2D eigenvalue weighted by atomic mass is 16.4.